The fourth-order valence-electron chi connectivity index (χ4n) is 5.57. The summed E-state index contributed by atoms with van der Waals surface area (Å²) in [6.07, 6.45) is 0. The molecule has 0 saturated carbocycles. The number of benzene rings is 4. The van der Waals surface area contributed by atoms with Crippen LogP contribution in [0, 0.1) is 0 Å². The normalized spacial score (nSPS) is 20.4. The summed E-state index contributed by atoms with van der Waals surface area (Å²) in [5, 5.41) is 0. The second-order valence-corrected chi connectivity index (χ2v) is 17.5. The van der Waals surface area contributed by atoms with E-state index < -0.39 is 32.1 Å². The topological polar surface area (TPSA) is 120 Å². The molecule has 0 amide bonds. The lowest BCUT2D eigenvalue weighted by molar-refractivity contribution is 0.0750. The summed E-state index contributed by atoms with van der Waals surface area (Å²) in [5.41, 5.74) is 1.99. The molecular weight excluding hydrogens is 661 g/mol. The van der Waals surface area contributed by atoms with Crippen molar-refractivity contribution in [2.24, 2.45) is 0 Å². The first kappa shape index (κ1) is 36.5. The predicted octanol–water partition coefficient (Wildman–Crippen LogP) is 6.81. The van der Waals surface area contributed by atoms with Crippen LogP contribution in [-0.4, -0.2) is 43.3 Å². The Morgan fingerprint density at radius 1 is 0.531 bits per heavy atom. The van der Waals surface area contributed by atoms with Gasteiger partial charge in [-0.3, -0.25) is 0 Å². The smallest absolute Gasteiger partial charge is 0.244 e. The largest absolute Gasteiger partial charge is 0.490 e. The Balaban J connectivity index is 1.73. The average Bonchev–Trinajstić information content (AvgIpc) is 3.05. The first-order valence-electron chi connectivity index (χ1n) is 16.3. The van der Waals surface area contributed by atoms with Gasteiger partial charge >= 0.3 is 0 Å². The molecular formula is C38H46N2O7S2. The van der Waals surface area contributed by atoms with Crippen molar-refractivity contribution in [1.29, 1.82) is 0 Å². The van der Waals surface area contributed by atoms with Gasteiger partial charge in [0.2, 0.25) is 20.0 Å². The van der Waals surface area contributed by atoms with Crippen molar-refractivity contribution in [3.05, 3.63) is 119 Å². The van der Waals surface area contributed by atoms with Crippen LogP contribution in [-0.2, 0) is 35.6 Å². The Morgan fingerprint density at radius 3 is 1.24 bits per heavy atom. The van der Waals surface area contributed by atoms with Crippen LogP contribution in [0.25, 0.3) is 0 Å². The van der Waals surface area contributed by atoms with Gasteiger partial charge in [-0.2, -0.15) is 0 Å². The maximum atomic E-state index is 14.6. The molecule has 1 aliphatic rings. The molecule has 1 aliphatic heterocycles. The molecule has 0 aromatic heterocycles. The van der Waals surface area contributed by atoms with E-state index in [1.165, 1.54) is 0 Å². The molecule has 262 valence electrons. The molecule has 0 bridgehead atoms. The molecule has 49 heavy (non-hydrogen) atoms. The molecule has 0 aliphatic carbocycles. The minimum Gasteiger partial charge on any atom is -0.490 e. The lowest BCUT2D eigenvalue weighted by Crippen LogP contribution is -2.41. The Bertz CT molecular complexity index is 1810. The van der Waals surface area contributed by atoms with E-state index in [1.54, 1.807) is 72.8 Å². The maximum Gasteiger partial charge on any atom is 0.244 e. The number of sulfonamides is 2. The van der Waals surface area contributed by atoms with Crippen molar-refractivity contribution < 1.29 is 31.0 Å². The molecule has 4 aromatic carbocycles. The van der Waals surface area contributed by atoms with Crippen LogP contribution in [0.2, 0.25) is 0 Å². The summed E-state index contributed by atoms with van der Waals surface area (Å²) >= 11 is 0. The van der Waals surface area contributed by atoms with Gasteiger partial charge in [0.15, 0.2) is 0 Å². The number of hydrogen-bond donors (Lipinski definition) is 2. The average molecular weight is 707 g/mol. The van der Waals surface area contributed by atoms with Crippen molar-refractivity contribution in [2.75, 3.05) is 26.4 Å². The van der Waals surface area contributed by atoms with Gasteiger partial charge in [0, 0.05) is 0 Å². The van der Waals surface area contributed by atoms with Crippen LogP contribution in [0.5, 0.6) is 11.5 Å². The Kier molecular flexibility index (Phi) is 10.9. The summed E-state index contributed by atoms with van der Waals surface area (Å²) in [4.78, 5) is -0.105. The highest BCUT2D eigenvalue weighted by Gasteiger charge is 2.36. The zero-order valence-corrected chi connectivity index (χ0v) is 30.5. The molecule has 0 spiro atoms. The fourth-order valence-corrected chi connectivity index (χ4v) is 8.38. The van der Waals surface area contributed by atoms with Crippen molar-refractivity contribution >= 4 is 20.0 Å². The van der Waals surface area contributed by atoms with E-state index >= 15 is 0 Å². The van der Waals surface area contributed by atoms with Crippen LogP contribution in [0.1, 0.15) is 75.9 Å². The molecule has 2 unspecified atom stereocenters. The van der Waals surface area contributed by atoms with Gasteiger partial charge in [-0.05, 0) is 57.3 Å². The minimum absolute atomic E-state index is 0.0525. The number of ether oxygens (including phenoxy) is 3. The highest BCUT2D eigenvalue weighted by molar-refractivity contribution is 7.90. The quantitative estimate of drug-likeness (QED) is 0.235. The summed E-state index contributed by atoms with van der Waals surface area (Å²) < 4.78 is 81.8. The summed E-state index contributed by atoms with van der Waals surface area (Å²) in [6.45, 7) is 12.5. The molecule has 0 saturated heterocycles. The van der Waals surface area contributed by atoms with E-state index in [1.807, 2.05) is 65.8 Å². The van der Waals surface area contributed by atoms with Gasteiger partial charge < -0.3 is 14.2 Å². The predicted molar refractivity (Wildman–Crippen MR) is 191 cm³/mol. The monoisotopic (exact) mass is 706 g/mol. The lowest BCUT2D eigenvalue weighted by Gasteiger charge is -2.30. The molecule has 2 atom stereocenters. The first-order valence-corrected chi connectivity index (χ1v) is 19.3. The number of hydrogen-bond acceptors (Lipinski definition) is 7. The Hall–Kier alpha value is -3.74. The summed E-state index contributed by atoms with van der Waals surface area (Å²) in [6, 6.07) is 26.0. The number of nitrogens with one attached hydrogen (secondary N) is 2. The van der Waals surface area contributed by atoms with Gasteiger partial charge in [0.05, 0.1) is 25.3 Å². The second kappa shape index (κ2) is 14.6. The van der Waals surface area contributed by atoms with Crippen molar-refractivity contribution in [3.8, 4) is 11.5 Å². The molecule has 2 N–H and O–H groups in total. The molecule has 5 rings (SSSR count). The van der Waals surface area contributed by atoms with Crippen molar-refractivity contribution in [1.82, 2.24) is 9.44 Å². The molecule has 0 radical (unpaired) electrons. The highest BCUT2D eigenvalue weighted by atomic mass is 32.2. The Morgan fingerprint density at radius 2 is 0.898 bits per heavy atom. The van der Waals surface area contributed by atoms with Gasteiger partial charge in [-0.1, -0.05) is 114 Å². The van der Waals surface area contributed by atoms with Gasteiger partial charge in [-0.15, -0.1) is 0 Å². The molecule has 11 heteroatoms. The zero-order chi connectivity index (χ0) is 35.5. The van der Waals surface area contributed by atoms with Crippen LogP contribution in [0.15, 0.2) is 107 Å². The van der Waals surface area contributed by atoms with Gasteiger partial charge in [-0.25, -0.2) is 26.3 Å². The maximum absolute atomic E-state index is 14.6. The van der Waals surface area contributed by atoms with E-state index in [0.29, 0.717) is 11.1 Å². The van der Waals surface area contributed by atoms with Crippen molar-refractivity contribution in [2.45, 2.75) is 74.2 Å². The third-order valence-electron chi connectivity index (χ3n) is 8.38. The SMILES string of the molecule is CC(C)(C)c1ccc2c(c1)S(=O)(=O)NC(c1ccccc1)C(c1ccccc1)NS(=O)(=O)c1cc(C(C)(C)C)ccc1OCCOCCO2. The third kappa shape index (κ3) is 8.90. The highest BCUT2D eigenvalue weighted by Crippen LogP contribution is 2.37. The summed E-state index contributed by atoms with van der Waals surface area (Å²) in [5.74, 6) is 0.325. The zero-order valence-electron chi connectivity index (χ0n) is 28.9. The Labute approximate surface area is 291 Å². The molecule has 9 nitrogen and oxygen atoms in total. The van der Waals surface area contributed by atoms with E-state index in [2.05, 4.69) is 9.44 Å². The van der Waals surface area contributed by atoms with E-state index in [-0.39, 0.29) is 58.5 Å². The lowest BCUT2D eigenvalue weighted by atomic mass is 9.87. The van der Waals surface area contributed by atoms with Gasteiger partial charge in [0.1, 0.15) is 34.5 Å². The number of rotatable bonds is 2. The minimum atomic E-state index is -4.33. The number of fused-ring (bicyclic) bond motifs is 2. The van der Waals surface area contributed by atoms with Crippen LogP contribution in [0.3, 0.4) is 0 Å². The van der Waals surface area contributed by atoms with Crippen LogP contribution >= 0.6 is 0 Å². The van der Waals surface area contributed by atoms with Gasteiger partial charge in [0.25, 0.3) is 0 Å². The molecule has 1 heterocycles. The van der Waals surface area contributed by atoms with Crippen molar-refractivity contribution in [3.63, 3.8) is 0 Å². The van der Waals surface area contributed by atoms with Crippen LogP contribution in [0.4, 0.5) is 0 Å². The molecule has 4 aromatic rings. The van der Waals surface area contributed by atoms with Crippen LogP contribution < -0.4 is 18.9 Å². The third-order valence-corrected chi connectivity index (χ3v) is 11.3. The standard InChI is InChI=1S/C38H46N2O7S2/c1-37(2,3)29-17-19-31-33(25-29)48(41,42)39-35(27-13-9-7-10-14-27)36(28-15-11-8-12-16-28)40-49(43,44)34-26-30(38(4,5)6)18-20-32(34)47-24-22-45-21-23-46-31/h7-20,25-26,35-36,39-40H,21-24H2,1-6H3. The van der Waals surface area contributed by atoms with E-state index in [4.69, 9.17) is 14.2 Å². The van der Waals surface area contributed by atoms with E-state index in [0.717, 1.165) is 11.1 Å². The fraction of sp³-hybridized carbons (Fsp3) is 0.368. The van der Waals surface area contributed by atoms with E-state index in [9.17, 15) is 16.8 Å². The second-order valence-electron chi connectivity index (χ2n) is 14.2. The summed E-state index contributed by atoms with van der Waals surface area (Å²) in [7, 11) is -8.67. The first-order chi connectivity index (χ1) is 23.1. The molecule has 0 fully saturated rings.